The zero-order valence-corrected chi connectivity index (χ0v) is 14.7. The number of hydrogen-bond donors (Lipinski definition) is 2. The van der Waals surface area contributed by atoms with Crippen molar-refractivity contribution < 1.29 is 21.9 Å². The van der Waals surface area contributed by atoms with Crippen LogP contribution >= 0.6 is 0 Å². The summed E-state index contributed by atoms with van der Waals surface area (Å²) in [6.45, 7) is 2.42. The molecule has 7 nitrogen and oxygen atoms in total. The standard InChI is InChI=1S/C14H26F2N4O3S/c1-17-14(19-10-12-3-2-8-23-12)18-9-11-4-6-20(7-5-11)24(21,22)13(15)16/h11-13H,2-10H2,1H3,(H2,17,18,19). The van der Waals surface area contributed by atoms with Gasteiger partial charge in [-0.25, -0.2) is 8.42 Å². The van der Waals surface area contributed by atoms with Crippen LogP contribution in [0.15, 0.2) is 4.99 Å². The molecule has 140 valence electrons. The highest BCUT2D eigenvalue weighted by molar-refractivity contribution is 7.89. The summed E-state index contributed by atoms with van der Waals surface area (Å²) in [5.74, 6) is -2.43. The summed E-state index contributed by atoms with van der Waals surface area (Å²) in [6, 6.07) is 0. The highest BCUT2D eigenvalue weighted by Crippen LogP contribution is 2.22. The van der Waals surface area contributed by atoms with Crippen molar-refractivity contribution in [3.8, 4) is 0 Å². The predicted molar refractivity (Wildman–Crippen MR) is 87.6 cm³/mol. The van der Waals surface area contributed by atoms with Crippen LogP contribution in [-0.4, -0.2) is 70.4 Å². The fraction of sp³-hybridized carbons (Fsp3) is 0.929. The SMILES string of the molecule is CN=C(NCC1CCN(S(=O)(=O)C(F)F)CC1)NCC1CCCO1. The molecule has 0 radical (unpaired) electrons. The number of ether oxygens (including phenoxy) is 1. The van der Waals surface area contributed by atoms with E-state index < -0.39 is 15.8 Å². The van der Waals surface area contributed by atoms with E-state index in [4.69, 9.17) is 4.74 Å². The molecule has 0 aromatic carbocycles. The molecule has 2 rings (SSSR count). The van der Waals surface area contributed by atoms with Gasteiger partial charge in [0.1, 0.15) is 0 Å². The molecule has 10 heteroatoms. The average molecular weight is 368 g/mol. The second kappa shape index (κ2) is 8.91. The third kappa shape index (κ3) is 5.25. The summed E-state index contributed by atoms with van der Waals surface area (Å²) < 4.78 is 54.4. The van der Waals surface area contributed by atoms with Gasteiger partial charge in [-0.1, -0.05) is 0 Å². The summed E-state index contributed by atoms with van der Waals surface area (Å²) in [5, 5.41) is 6.41. The van der Waals surface area contributed by atoms with Crippen LogP contribution in [0.2, 0.25) is 0 Å². The maximum atomic E-state index is 12.5. The van der Waals surface area contributed by atoms with Crippen LogP contribution in [0.25, 0.3) is 0 Å². The molecule has 2 fully saturated rings. The molecule has 2 saturated heterocycles. The van der Waals surface area contributed by atoms with Gasteiger partial charge in [0.15, 0.2) is 5.96 Å². The van der Waals surface area contributed by atoms with E-state index in [1.165, 1.54) is 0 Å². The maximum absolute atomic E-state index is 12.5. The summed E-state index contributed by atoms with van der Waals surface area (Å²) >= 11 is 0. The van der Waals surface area contributed by atoms with Crippen LogP contribution in [-0.2, 0) is 14.8 Å². The van der Waals surface area contributed by atoms with Crippen molar-refractivity contribution in [2.75, 3.05) is 39.8 Å². The molecular weight excluding hydrogens is 342 g/mol. The molecule has 0 bridgehead atoms. The normalized spacial score (nSPS) is 24.5. The molecule has 1 unspecified atom stereocenters. The Morgan fingerprint density at radius 3 is 2.46 bits per heavy atom. The number of guanidine groups is 1. The van der Waals surface area contributed by atoms with Gasteiger partial charge >= 0.3 is 5.76 Å². The molecule has 0 amide bonds. The molecule has 0 aromatic heterocycles. The third-order valence-electron chi connectivity index (χ3n) is 4.46. The van der Waals surface area contributed by atoms with E-state index in [9.17, 15) is 17.2 Å². The molecule has 2 aliphatic rings. The Balaban J connectivity index is 1.69. The minimum Gasteiger partial charge on any atom is -0.376 e. The summed E-state index contributed by atoms with van der Waals surface area (Å²) in [4.78, 5) is 4.14. The highest BCUT2D eigenvalue weighted by Gasteiger charge is 2.34. The maximum Gasteiger partial charge on any atom is 0.350 e. The fourth-order valence-corrected chi connectivity index (χ4v) is 3.90. The van der Waals surface area contributed by atoms with Crippen LogP contribution in [0.4, 0.5) is 8.78 Å². The minimum absolute atomic E-state index is 0.140. The number of rotatable bonds is 6. The van der Waals surface area contributed by atoms with Crippen molar-refractivity contribution in [3.63, 3.8) is 0 Å². The largest absolute Gasteiger partial charge is 0.376 e. The van der Waals surface area contributed by atoms with E-state index >= 15 is 0 Å². The first kappa shape index (κ1) is 19.3. The van der Waals surface area contributed by atoms with Crippen molar-refractivity contribution in [2.45, 2.75) is 37.5 Å². The Hall–Kier alpha value is -1.00. The monoisotopic (exact) mass is 368 g/mol. The number of nitrogens with zero attached hydrogens (tertiary/aromatic N) is 2. The molecular formula is C14H26F2N4O3S. The second-order valence-electron chi connectivity index (χ2n) is 6.12. The van der Waals surface area contributed by atoms with Crippen LogP contribution in [0.1, 0.15) is 25.7 Å². The van der Waals surface area contributed by atoms with Gasteiger partial charge < -0.3 is 15.4 Å². The lowest BCUT2D eigenvalue weighted by Gasteiger charge is -2.31. The van der Waals surface area contributed by atoms with E-state index in [2.05, 4.69) is 15.6 Å². The van der Waals surface area contributed by atoms with Gasteiger partial charge in [-0.3, -0.25) is 4.99 Å². The topological polar surface area (TPSA) is 83.0 Å². The van der Waals surface area contributed by atoms with E-state index in [0.717, 1.165) is 23.8 Å². The van der Waals surface area contributed by atoms with E-state index in [1.807, 2.05) is 0 Å². The molecule has 0 spiro atoms. The van der Waals surface area contributed by atoms with Gasteiger partial charge in [-0.15, -0.1) is 0 Å². The third-order valence-corrected chi connectivity index (χ3v) is 6.00. The summed E-state index contributed by atoms with van der Waals surface area (Å²) in [7, 11) is -2.76. The smallest absolute Gasteiger partial charge is 0.350 e. The molecule has 0 aromatic rings. The van der Waals surface area contributed by atoms with Gasteiger partial charge in [0.2, 0.25) is 0 Å². The van der Waals surface area contributed by atoms with Gasteiger partial charge in [0, 0.05) is 39.8 Å². The summed E-state index contributed by atoms with van der Waals surface area (Å²) in [6.07, 6.45) is 3.45. The molecule has 0 aliphatic carbocycles. The minimum atomic E-state index is -4.45. The van der Waals surface area contributed by atoms with Crippen LogP contribution < -0.4 is 10.6 Å². The first-order chi connectivity index (χ1) is 11.4. The lowest BCUT2D eigenvalue weighted by atomic mass is 9.98. The Bertz CT molecular complexity index is 516. The molecule has 1 atom stereocenters. The van der Waals surface area contributed by atoms with Crippen LogP contribution in [0, 0.1) is 5.92 Å². The number of halogens is 2. The van der Waals surface area contributed by atoms with Gasteiger partial charge in [-0.2, -0.15) is 13.1 Å². The molecule has 2 N–H and O–H groups in total. The van der Waals surface area contributed by atoms with Crippen molar-refractivity contribution in [1.29, 1.82) is 0 Å². The zero-order chi connectivity index (χ0) is 17.6. The number of aliphatic imine (C=N–C) groups is 1. The number of nitrogens with one attached hydrogen (secondary N) is 2. The van der Waals surface area contributed by atoms with Crippen LogP contribution in [0.5, 0.6) is 0 Å². The van der Waals surface area contributed by atoms with E-state index in [-0.39, 0.29) is 25.1 Å². The highest BCUT2D eigenvalue weighted by atomic mass is 32.2. The average Bonchev–Trinajstić information content (AvgIpc) is 3.08. The zero-order valence-electron chi connectivity index (χ0n) is 13.9. The van der Waals surface area contributed by atoms with Gasteiger partial charge in [0.05, 0.1) is 6.10 Å². The fourth-order valence-electron chi connectivity index (χ4n) is 2.96. The van der Waals surface area contributed by atoms with E-state index in [0.29, 0.717) is 31.9 Å². The number of hydrogen-bond acceptors (Lipinski definition) is 4. The summed E-state index contributed by atoms with van der Waals surface area (Å²) in [5.41, 5.74) is 0. The Morgan fingerprint density at radius 2 is 1.92 bits per heavy atom. The quantitative estimate of drug-likeness (QED) is 0.530. The van der Waals surface area contributed by atoms with Crippen molar-refractivity contribution in [1.82, 2.24) is 14.9 Å². The molecule has 2 heterocycles. The Morgan fingerprint density at radius 1 is 1.25 bits per heavy atom. The van der Waals surface area contributed by atoms with Gasteiger partial charge in [0.25, 0.3) is 10.0 Å². The van der Waals surface area contributed by atoms with Crippen molar-refractivity contribution in [2.24, 2.45) is 10.9 Å². The molecule has 2 aliphatic heterocycles. The molecule has 24 heavy (non-hydrogen) atoms. The number of sulfonamides is 1. The first-order valence-corrected chi connectivity index (χ1v) is 9.77. The number of piperidine rings is 1. The van der Waals surface area contributed by atoms with Crippen molar-refractivity contribution in [3.05, 3.63) is 0 Å². The van der Waals surface area contributed by atoms with Gasteiger partial charge in [-0.05, 0) is 31.6 Å². The van der Waals surface area contributed by atoms with E-state index in [1.54, 1.807) is 7.05 Å². The van der Waals surface area contributed by atoms with Crippen LogP contribution in [0.3, 0.4) is 0 Å². The van der Waals surface area contributed by atoms with Crippen molar-refractivity contribution >= 4 is 16.0 Å². The number of alkyl halides is 2. The predicted octanol–water partition coefficient (Wildman–Crippen LogP) is 0.595. The second-order valence-corrected chi connectivity index (χ2v) is 8.02. The first-order valence-electron chi connectivity index (χ1n) is 8.26. The Kier molecular flexibility index (Phi) is 7.17. The lowest BCUT2D eigenvalue weighted by molar-refractivity contribution is 0.113. The molecule has 0 saturated carbocycles. The lowest BCUT2D eigenvalue weighted by Crippen LogP contribution is -2.46. The Labute approximate surface area is 141 Å².